The third-order valence-corrected chi connectivity index (χ3v) is 6.34. The minimum Gasteiger partial charge on any atom is -0.493 e. The van der Waals surface area contributed by atoms with Crippen molar-refractivity contribution in [3.63, 3.8) is 0 Å². The van der Waals surface area contributed by atoms with Crippen molar-refractivity contribution in [3.05, 3.63) is 116 Å². The van der Waals surface area contributed by atoms with E-state index in [1.807, 2.05) is 91.9 Å². The Balaban J connectivity index is 1.65. The van der Waals surface area contributed by atoms with Crippen LogP contribution in [0.5, 0.6) is 5.88 Å². The van der Waals surface area contributed by atoms with Crippen LogP contribution in [-0.2, 0) is 11.3 Å². The van der Waals surface area contributed by atoms with Gasteiger partial charge in [-0.2, -0.15) is 0 Å². The molecule has 3 aromatic carbocycles. The molecule has 0 saturated heterocycles. The van der Waals surface area contributed by atoms with E-state index in [0.29, 0.717) is 27.2 Å². The molecule has 5 rings (SSSR count). The quantitative estimate of drug-likeness (QED) is 0.479. The zero-order valence-electron chi connectivity index (χ0n) is 18.0. The van der Waals surface area contributed by atoms with Gasteiger partial charge in [0.25, 0.3) is 5.91 Å². The first-order valence-corrected chi connectivity index (χ1v) is 11.4. The van der Waals surface area contributed by atoms with Crippen molar-refractivity contribution in [2.24, 2.45) is 9.98 Å². The van der Waals surface area contributed by atoms with Crippen LogP contribution in [0.3, 0.4) is 0 Å². The summed E-state index contributed by atoms with van der Waals surface area (Å²) in [5.41, 5.74) is 3.36. The van der Waals surface area contributed by atoms with Crippen LogP contribution in [0.1, 0.15) is 16.0 Å². The van der Waals surface area contributed by atoms with E-state index in [1.54, 1.807) is 10.6 Å². The molecule has 0 fully saturated rings. The number of benzene rings is 3. The first-order valence-electron chi connectivity index (χ1n) is 10.6. The lowest BCUT2D eigenvalue weighted by Gasteiger charge is -2.06. The van der Waals surface area contributed by atoms with E-state index >= 15 is 0 Å². The summed E-state index contributed by atoms with van der Waals surface area (Å²) in [4.78, 5) is 22.8. The van der Waals surface area contributed by atoms with Gasteiger partial charge in [0.2, 0.25) is 5.88 Å². The highest BCUT2D eigenvalue weighted by atomic mass is 32.1. The number of aromatic nitrogens is 1. The molecule has 1 aliphatic rings. The highest BCUT2D eigenvalue weighted by Crippen LogP contribution is 2.26. The Labute approximate surface area is 194 Å². The number of para-hydroxylation sites is 1. The second-order valence-electron chi connectivity index (χ2n) is 7.81. The molecule has 0 radical (unpaired) electrons. The maximum Gasteiger partial charge on any atom is 0.277 e. The first kappa shape index (κ1) is 20.8. The predicted molar refractivity (Wildman–Crippen MR) is 131 cm³/mol. The molecule has 1 aliphatic heterocycles. The molecule has 4 aromatic rings. The number of aryl methyl sites for hydroxylation is 1. The molecule has 1 N–H and O–H groups in total. The molecule has 0 atom stereocenters. The molecule has 33 heavy (non-hydrogen) atoms. The SMILES string of the molecule is Cc1ccc2c(c1)=C/C(=C/c1sc(=Nc3ccccc3)n(Cc3ccccc3)c1O)C(=O)N=2. The van der Waals surface area contributed by atoms with Gasteiger partial charge in [-0.15, -0.1) is 0 Å². The van der Waals surface area contributed by atoms with Crippen molar-refractivity contribution in [1.82, 2.24) is 4.57 Å². The fraction of sp³-hybridized carbons (Fsp3) is 0.0741. The highest BCUT2D eigenvalue weighted by Gasteiger charge is 2.16. The number of hydrogen-bond acceptors (Lipinski definition) is 4. The molecule has 5 nitrogen and oxygen atoms in total. The van der Waals surface area contributed by atoms with Crippen molar-refractivity contribution in [1.29, 1.82) is 0 Å². The van der Waals surface area contributed by atoms with Crippen molar-refractivity contribution >= 4 is 35.1 Å². The molecule has 1 aromatic heterocycles. The summed E-state index contributed by atoms with van der Waals surface area (Å²) in [7, 11) is 0. The van der Waals surface area contributed by atoms with Gasteiger partial charge in [0.15, 0.2) is 4.80 Å². The van der Waals surface area contributed by atoms with Gasteiger partial charge in [-0.1, -0.05) is 71.5 Å². The summed E-state index contributed by atoms with van der Waals surface area (Å²) in [5, 5.41) is 12.7. The minimum atomic E-state index is -0.324. The van der Waals surface area contributed by atoms with Crippen LogP contribution >= 0.6 is 11.3 Å². The van der Waals surface area contributed by atoms with E-state index < -0.39 is 0 Å². The Morgan fingerprint density at radius 3 is 2.52 bits per heavy atom. The molecule has 0 saturated carbocycles. The van der Waals surface area contributed by atoms with Crippen molar-refractivity contribution in [3.8, 4) is 5.88 Å². The Bertz CT molecular complexity index is 1560. The van der Waals surface area contributed by atoms with Gasteiger partial charge in [-0.25, -0.2) is 9.98 Å². The topological polar surface area (TPSA) is 66.9 Å². The highest BCUT2D eigenvalue weighted by molar-refractivity contribution is 7.10. The van der Waals surface area contributed by atoms with Gasteiger partial charge in [0.05, 0.1) is 22.5 Å². The van der Waals surface area contributed by atoms with Gasteiger partial charge in [0, 0.05) is 10.8 Å². The normalized spacial score (nSPS) is 14.6. The second-order valence-corrected chi connectivity index (χ2v) is 8.82. The van der Waals surface area contributed by atoms with Crippen LogP contribution in [0, 0.1) is 6.92 Å². The molecule has 0 aliphatic carbocycles. The Hall–Kier alpha value is -4.03. The van der Waals surface area contributed by atoms with E-state index in [9.17, 15) is 9.90 Å². The van der Waals surface area contributed by atoms with E-state index in [-0.39, 0.29) is 11.8 Å². The lowest BCUT2D eigenvalue weighted by molar-refractivity contribution is -0.114. The molecule has 1 amide bonds. The summed E-state index contributed by atoms with van der Waals surface area (Å²) in [6.07, 6.45) is 3.52. The molecule has 2 heterocycles. The number of carbonyl (C=O) groups excluding carboxylic acids is 1. The predicted octanol–water partition coefficient (Wildman–Crippen LogP) is 3.87. The fourth-order valence-corrected chi connectivity index (χ4v) is 4.66. The Morgan fingerprint density at radius 2 is 1.76 bits per heavy atom. The van der Waals surface area contributed by atoms with Gasteiger partial charge >= 0.3 is 0 Å². The lowest BCUT2D eigenvalue weighted by Crippen LogP contribution is -2.30. The number of amides is 1. The number of thiazole rings is 1. The van der Waals surface area contributed by atoms with Crippen molar-refractivity contribution < 1.29 is 9.90 Å². The van der Waals surface area contributed by atoms with E-state index in [1.165, 1.54) is 11.3 Å². The molecule has 6 heteroatoms. The maximum absolute atomic E-state index is 12.7. The zero-order chi connectivity index (χ0) is 22.8. The molecular formula is C27H21N3O2S. The smallest absolute Gasteiger partial charge is 0.277 e. The maximum atomic E-state index is 12.7. The lowest BCUT2D eigenvalue weighted by atomic mass is 10.1. The van der Waals surface area contributed by atoms with Crippen LogP contribution in [0.15, 0.2) is 94.4 Å². The summed E-state index contributed by atoms with van der Waals surface area (Å²) < 4.78 is 1.77. The van der Waals surface area contributed by atoms with Crippen LogP contribution in [0.2, 0.25) is 0 Å². The van der Waals surface area contributed by atoms with Gasteiger partial charge < -0.3 is 5.11 Å². The number of carbonyl (C=O) groups is 1. The largest absolute Gasteiger partial charge is 0.493 e. The molecule has 0 unspecified atom stereocenters. The third-order valence-electron chi connectivity index (χ3n) is 5.32. The molecule has 0 bridgehead atoms. The Morgan fingerprint density at radius 1 is 1.03 bits per heavy atom. The van der Waals surface area contributed by atoms with E-state index in [2.05, 4.69) is 4.99 Å². The molecular weight excluding hydrogens is 430 g/mol. The average molecular weight is 452 g/mol. The van der Waals surface area contributed by atoms with E-state index in [4.69, 9.17) is 4.99 Å². The number of rotatable bonds is 4. The molecule has 0 spiro atoms. The fourth-order valence-electron chi connectivity index (χ4n) is 3.66. The zero-order valence-corrected chi connectivity index (χ0v) is 18.8. The number of nitrogens with zero attached hydrogens (tertiary/aromatic N) is 3. The summed E-state index contributed by atoms with van der Waals surface area (Å²) >= 11 is 1.34. The van der Waals surface area contributed by atoms with Crippen LogP contribution in [0.25, 0.3) is 12.2 Å². The van der Waals surface area contributed by atoms with Gasteiger partial charge in [0.1, 0.15) is 0 Å². The van der Waals surface area contributed by atoms with Crippen molar-refractivity contribution in [2.45, 2.75) is 13.5 Å². The number of hydrogen-bond donors (Lipinski definition) is 1. The summed E-state index contributed by atoms with van der Waals surface area (Å²) in [6.45, 7) is 2.46. The first-order chi connectivity index (χ1) is 16.1. The van der Waals surface area contributed by atoms with Crippen LogP contribution < -0.4 is 15.4 Å². The summed E-state index contributed by atoms with van der Waals surface area (Å²) in [6, 6.07) is 25.3. The molecule has 162 valence electrons. The Kier molecular flexibility index (Phi) is 5.59. The second kappa shape index (κ2) is 8.84. The monoisotopic (exact) mass is 451 g/mol. The third kappa shape index (κ3) is 4.47. The number of aromatic hydroxyl groups is 1. The van der Waals surface area contributed by atoms with Crippen LogP contribution in [0.4, 0.5) is 5.69 Å². The van der Waals surface area contributed by atoms with Gasteiger partial charge in [-0.3, -0.25) is 9.36 Å². The standard InChI is InChI=1S/C27H21N3O2S/c1-18-12-13-23-20(14-18)15-21(25(31)29-23)16-24-26(32)30(17-19-8-4-2-5-9-19)27(33-24)28-22-10-6-3-7-11-22/h2-16,32H,17H2,1H3/b21-16-,28-27?. The minimum absolute atomic E-state index is 0.0715. The number of fused-ring (bicyclic) bond motifs is 1. The average Bonchev–Trinajstić information content (AvgIpc) is 3.10. The van der Waals surface area contributed by atoms with Gasteiger partial charge in [-0.05, 0) is 48.9 Å². The summed E-state index contributed by atoms with van der Waals surface area (Å²) in [5.74, 6) is -0.252. The van der Waals surface area contributed by atoms with Crippen molar-refractivity contribution in [2.75, 3.05) is 0 Å². The van der Waals surface area contributed by atoms with E-state index in [0.717, 1.165) is 22.0 Å². The van der Waals surface area contributed by atoms with Crippen LogP contribution in [-0.4, -0.2) is 15.6 Å².